The molecule has 1 N–H and O–H groups in total. The molecule has 1 fully saturated rings. The largest absolute Gasteiger partial charge is 0.495 e. The summed E-state index contributed by atoms with van der Waals surface area (Å²) in [5.41, 5.74) is 0.218. The van der Waals surface area contributed by atoms with Crippen LogP contribution in [0, 0.1) is 0 Å². The van der Waals surface area contributed by atoms with Crippen molar-refractivity contribution in [2.45, 2.75) is 50.3 Å². The van der Waals surface area contributed by atoms with Crippen molar-refractivity contribution in [1.29, 1.82) is 0 Å². The van der Waals surface area contributed by atoms with Crippen LogP contribution in [0.1, 0.15) is 45.4 Å². The van der Waals surface area contributed by atoms with Gasteiger partial charge in [-0.25, -0.2) is 8.42 Å². The molecule has 0 aromatic heterocycles. The second-order valence-corrected chi connectivity index (χ2v) is 8.58. The van der Waals surface area contributed by atoms with Gasteiger partial charge in [-0.15, -0.1) is 0 Å². The van der Waals surface area contributed by atoms with Crippen LogP contribution in [0.25, 0.3) is 0 Å². The molecule has 0 saturated carbocycles. The number of ether oxygens (including phenoxy) is 2. The lowest BCUT2D eigenvalue weighted by atomic mass is 10.2. The van der Waals surface area contributed by atoms with Crippen molar-refractivity contribution in [2.75, 3.05) is 32.1 Å². The molecule has 0 unspecified atom stereocenters. The van der Waals surface area contributed by atoms with Crippen LogP contribution in [-0.2, 0) is 24.3 Å². The fourth-order valence-corrected chi connectivity index (χ4v) is 4.47. The molecule has 1 saturated heterocycles. The molecule has 0 atom stereocenters. The van der Waals surface area contributed by atoms with E-state index in [0.717, 1.165) is 25.7 Å². The topological polar surface area (TPSA) is 102 Å². The van der Waals surface area contributed by atoms with E-state index in [0.29, 0.717) is 25.3 Å². The van der Waals surface area contributed by atoms with E-state index in [4.69, 9.17) is 9.47 Å². The summed E-state index contributed by atoms with van der Waals surface area (Å²) in [6, 6.07) is 4.34. The summed E-state index contributed by atoms with van der Waals surface area (Å²) in [5, 5.41) is 2.56. The van der Waals surface area contributed by atoms with Crippen LogP contribution in [0.2, 0.25) is 0 Å². The molecule has 1 aliphatic heterocycles. The van der Waals surface area contributed by atoms with Gasteiger partial charge in [0.25, 0.3) is 5.91 Å². The lowest BCUT2D eigenvalue weighted by Gasteiger charge is -2.26. The maximum atomic E-state index is 12.8. The second kappa shape index (κ2) is 10.4. The van der Waals surface area contributed by atoms with Gasteiger partial charge < -0.3 is 14.8 Å². The molecule has 1 heterocycles. The molecule has 1 aliphatic rings. The minimum Gasteiger partial charge on any atom is -0.495 e. The van der Waals surface area contributed by atoms with Crippen LogP contribution in [0.5, 0.6) is 5.75 Å². The summed E-state index contributed by atoms with van der Waals surface area (Å²) in [4.78, 5) is 23.7. The number of unbranched alkanes of at least 4 members (excludes halogenated alkanes) is 1. The predicted octanol–water partition coefficient (Wildman–Crippen LogP) is 2.54. The van der Waals surface area contributed by atoms with Gasteiger partial charge in [0.05, 0.1) is 17.7 Å². The normalized spacial score (nSPS) is 15.1. The van der Waals surface area contributed by atoms with Crippen molar-refractivity contribution in [3.05, 3.63) is 18.2 Å². The van der Waals surface area contributed by atoms with Crippen LogP contribution in [0.3, 0.4) is 0 Å². The summed E-state index contributed by atoms with van der Waals surface area (Å²) in [6.45, 7) is 2.50. The SMILES string of the molecule is CCCCC(=O)OCC(=O)Nc1cc(S(=O)(=O)N2CCCCC2)ccc1OC. The fourth-order valence-electron chi connectivity index (χ4n) is 2.93. The maximum Gasteiger partial charge on any atom is 0.306 e. The van der Waals surface area contributed by atoms with E-state index in [2.05, 4.69) is 5.32 Å². The molecule has 28 heavy (non-hydrogen) atoms. The highest BCUT2D eigenvalue weighted by Gasteiger charge is 2.27. The molecule has 1 aromatic carbocycles. The number of rotatable bonds is 9. The molecule has 156 valence electrons. The van der Waals surface area contributed by atoms with Gasteiger partial charge in [0.2, 0.25) is 10.0 Å². The monoisotopic (exact) mass is 412 g/mol. The first-order valence-corrected chi connectivity index (χ1v) is 11.0. The van der Waals surface area contributed by atoms with Gasteiger partial charge in [-0.05, 0) is 37.5 Å². The smallest absolute Gasteiger partial charge is 0.306 e. The van der Waals surface area contributed by atoms with E-state index < -0.39 is 28.5 Å². The number of hydrogen-bond acceptors (Lipinski definition) is 6. The number of benzene rings is 1. The third-order valence-electron chi connectivity index (χ3n) is 4.50. The fraction of sp³-hybridized carbons (Fsp3) is 0.579. The number of carbonyl (C=O) groups is 2. The zero-order valence-electron chi connectivity index (χ0n) is 16.4. The average molecular weight is 413 g/mol. The van der Waals surface area contributed by atoms with E-state index in [9.17, 15) is 18.0 Å². The molecule has 0 aliphatic carbocycles. The first kappa shape index (κ1) is 22.2. The van der Waals surface area contributed by atoms with Gasteiger partial charge in [-0.3, -0.25) is 9.59 Å². The Hall–Kier alpha value is -2.13. The van der Waals surface area contributed by atoms with Gasteiger partial charge in [-0.2, -0.15) is 4.31 Å². The first-order chi connectivity index (χ1) is 13.4. The number of nitrogens with zero attached hydrogens (tertiary/aromatic N) is 1. The van der Waals surface area contributed by atoms with Gasteiger partial charge >= 0.3 is 5.97 Å². The minimum absolute atomic E-state index is 0.0884. The number of methoxy groups -OCH3 is 1. The summed E-state index contributed by atoms with van der Waals surface area (Å²) in [5.74, 6) is -0.677. The quantitative estimate of drug-likeness (QED) is 0.626. The van der Waals surface area contributed by atoms with Crippen molar-refractivity contribution < 1.29 is 27.5 Å². The number of hydrogen-bond donors (Lipinski definition) is 1. The lowest BCUT2D eigenvalue weighted by Crippen LogP contribution is -2.35. The van der Waals surface area contributed by atoms with Crippen LogP contribution in [0.15, 0.2) is 23.1 Å². The minimum atomic E-state index is -3.64. The Morgan fingerprint density at radius 1 is 1.18 bits per heavy atom. The molecule has 2 rings (SSSR count). The van der Waals surface area contributed by atoms with Crippen molar-refractivity contribution in [3.8, 4) is 5.75 Å². The molecule has 0 radical (unpaired) electrons. The van der Waals surface area contributed by atoms with Crippen molar-refractivity contribution >= 4 is 27.6 Å². The summed E-state index contributed by atoms with van der Waals surface area (Å²) >= 11 is 0. The Morgan fingerprint density at radius 2 is 1.89 bits per heavy atom. The highest BCUT2D eigenvalue weighted by atomic mass is 32.2. The summed E-state index contributed by atoms with van der Waals surface area (Å²) in [7, 11) is -2.22. The average Bonchev–Trinajstić information content (AvgIpc) is 2.71. The Labute approximate surface area is 166 Å². The van der Waals surface area contributed by atoms with Gasteiger partial charge in [0, 0.05) is 19.5 Å². The van der Waals surface area contributed by atoms with Gasteiger partial charge in [0.1, 0.15) is 5.75 Å². The Bertz CT molecular complexity index is 788. The summed E-state index contributed by atoms with van der Waals surface area (Å²) < 4.78 is 37.3. The zero-order valence-corrected chi connectivity index (χ0v) is 17.2. The lowest BCUT2D eigenvalue weighted by molar-refractivity contribution is -0.147. The van der Waals surface area contributed by atoms with Crippen LogP contribution in [-0.4, -0.2) is 51.4 Å². The standard InChI is InChI=1S/C19H28N2O6S/c1-3-4-8-19(23)27-14-18(22)20-16-13-15(9-10-17(16)26-2)28(24,25)21-11-6-5-7-12-21/h9-10,13H,3-8,11-12,14H2,1-2H3,(H,20,22). The number of amides is 1. The molecule has 8 nitrogen and oxygen atoms in total. The van der Waals surface area contributed by atoms with Crippen molar-refractivity contribution in [2.24, 2.45) is 0 Å². The van der Waals surface area contributed by atoms with Gasteiger partial charge in [-0.1, -0.05) is 19.8 Å². The van der Waals surface area contributed by atoms with Crippen LogP contribution < -0.4 is 10.1 Å². The number of anilines is 1. The molecular formula is C19H28N2O6S. The molecule has 9 heteroatoms. The van der Waals surface area contributed by atoms with Crippen molar-refractivity contribution in [1.82, 2.24) is 4.31 Å². The predicted molar refractivity (Wildman–Crippen MR) is 105 cm³/mol. The Balaban J connectivity index is 2.09. The van der Waals surface area contributed by atoms with Crippen LogP contribution in [0.4, 0.5) is 5.69 Å². The maximum absolute atomic E-state index is 12.8. The second-order valence-electron chi connectivity index (χ2n) is 6.64. The van der Waals surface area contributed by atoms with E-state index in [-0.39, 0.29) is 17.0 Å². The Kier molecular flexibility index (Phi) is 8.25. The first-order valence-electron chi connectivity index (χ1n) is 9.52. The number of piperidine rings is 1. The zero-order chi connectivity index (χ0) is 20.6. The van der Waals surface area contributed by atoms with Gasteiger partial charge in [0.15, 0.2) is 6.61 Å². The highest BCUT2D eigenvalue weighted by molar-refractivity contribution is 7.89. The molecule has 0 spiro atoms. The third kappa shape index (κ3) is 5.93. The number of sulfonamides is 1. The van der Waals surface area contributed by atoms with E-state index >= 15 is 0 Å². The van der Waals surface area contributed by atoms with Crippen LogP contribution >= 0.6 is 0 Å². The number of esters is 1. The van der Waals surface area contributed by atoms with E-state index in [1.165, 1.54) is 29.6 Å². The van der Waals surface area contributed by atoms with E-state index in [1.54, 1.807) is 0 Å². The number of carbonyl (C=O) groups excluding carboxylic acids is 2. The molecule has 0 bridgehead atoms. The van der Waals surface area contributed by atoms with E-state index in [1.807, 2.05) is 6.92 Å². The van der Waals surface area contributed by atoms with Crippen molar-refractivity contribution in [3.63, 3.8) is 0 Å². The third-order valence-corrected chi connectivity index (χ3v) is 6.39. The molecule has 1 amide bonds. The Morgan fingerprint density at radius 3 is 2.54 bits per heavy atom. The number of nitrogens with one attached hydrogen (secondary N) is 1. The molecular weight excluding hydrogens is 384 g/mol. The summed E-state index contributed by atoms with van der Waals surface area (Å²) in [6.07, 6.45) is 4.51. The highest BCUT2D eigenvalue weighted by Crippen LogP contribution is 2.30. The molecule has 1 aromatic rings.